The Morgan fingerprint density at radius 1 is 1.60 bits per heavy atom. The molecule has 2 nitrogen and oxygen atoms in total. The van der Waals surface area contributed by atoms with Gasteiger partial charge in [0.05, 0.1) is 7.11 Å². The summed E-state index contributed by atoms with van der Waals surface area (Å²) in [6.07, 6.45) is 1.68. The third kappa shape index (κ3) is 1.42. The fourth-order valence-electron chi connectivity index (χ4n) is 0.635. The summed E-state index contributed by atoms with van der Waals surface area (Å²) in [6.45, 7) is 1.96. The van der Waals surface area contributed by atoms with E-state index in [1.165, 1.54) is 0 Å². The van der Waals surface area contributed by atoms with Crippen molar-refractivity contribution in [3.8, 4) is 5.88 Å². The lowest BCUT2D eigenvalue weighted by Crippen LogP contribution is -1.87. The molecule has 0 unspecified atom stereocenters. The van der Waals surface area contributed by atoms with Crippen molar-refractivity contribution in [3.05, 3.63) is 17.8 Å². The van der Waals surface area contributed by atoms with Crippen LogP contribution in [0.4, 0.5) is 0 Å². The van der Waals surface area contributed by atoms with Crippen LogP contribution < -0.4 is 4.74 Å². The molecule has 0 radical (unpaired) electrons. The van der Waals surface area contributed by atoms with Crippen LogP contribution in [0, 0.1) is 6.92 Å². The zero-order valence-electron chi connectivity index (χ0n) is 5.96. The van der Waals surface area contributed by atoms with Gasteiger partial charge in [0.25, 0.3) is 0 Å². The van der Waals surface area contributed by atoms with E-state index in [4.69, 9.17) is 4.74 Å². The molecule has 0 aliphatic rings. The van der Waals surface area contributed by atoms with E-state index in [0.717, 1.165) is 10.5 Å². The van der Waals surface area contributed by atoms with E-state index in [-0.39, 0.29) is 0 Å². The Bertz CT molecular complexity index is 237. The van der Waals surface area contributed by atoms with E-state index in [2.05, 4.69) is 17.6 Å². The number of rotatable bonds is 1. The maximum absolute atomic E-state index is 4.90. The molecule has 0 aliphatic carbocycles. The first-order chi connectivity index (χ1) is 4.74. The molecule has 0 aliphatic heterocycles. The van der Waals surface area contributed by atoms with E-state index in [9.17, 15) is 0 Å². The maximum atomic E-state index is 4.90. The highest BCUT2D eigenvalue weighted by Crippen LogP contribution is 2.15. The lowest BCUT2D eigenvalue weighted by Gasteiger charge is -2.00. The molecule has 54 valence electrons. The van der Waals surface area contributed by atoms with Gasteiger partial charge >= 0.3 is 0 Å². The molecule has 0 bridgehead atoms. The molecule has 3 heteroatoms. The molecular formula is C7H9NOS. The van der Waals surface area contributed by atoms with Crippen LogP contribution >= 0.6 is 12.6 Å². The first-order valence-electron chi connectivity index (χ1n) is 2.93. The van der Waals surface area contributed by atoms with Gasteiger partial charge in [-0.3, -0.25) is 0 Å². The van der Waals surface area contributed by atoms with Gasteiger partial charge in [0, 0.05) is 17.2 Å². The molecule has 1 heterocycles. The number of hydrogen-bond donors (Lipinski definition) is 1. The van der Waals surface area contributed by atoms with Gasteiger partial charge in [-0.15, -0.1) is 12.6 Å². The number of aryl methyl sites for hydroxylation is 1. The van der Waals surface area contributed by atoms with Gasteiger partial charge in [-0.1, -0.05) is 0 Å². The molecule has 1 aromatic rings. The second-order valence-corrected chi connectivity index (χ2v) is 2.49. The van der Waals surface area contributed by atoms with Crippen LogP contribution in [0.25, 0.3) is 0 Å². The Morgan fingerprint density at radius 3 is 2.80 bits per heavy atom. The molecule has 1 aromatic heterocycles. The van der Waals surface area contributed by atoms with Crippen molar-refractivity contribution >= 4 is 12.6 Å². The predicted molar refractivity (Wildman–Crippen MR) is 42.8 cm³/mol. The van der Waals surface area contributed by atoms with Crippen molar-refractivity contribution in [1.29, 1.82) is 0 Å². The number of pyridine rings is 1. The molecular weight excluding hydrogens is 146 g/mol. The van der Waals surface area contributed by atoms with E-state index >= 15 is 0 Å². The fraction of sp³-hybridized carbons (Fsp3) is 0.286. The minimum absolute atomic E-state index is 0.635. The van der Waals surface area contributed by atoms with Crippen molar-refractivity contribution in [2.45, 2.75) is 11.8 Å². The van der Waals surface area contributed by atoms with Crippen LogP contribution in [0.5, 0.6) is 5.88 Å². The first-order valence-corrected chi connectivity index (χ1v) is 3.38. The third-order valence-corrected chi connectivity index (χ3v) is 1.74. The number of hydrogen-bond acceptors (Lipinski definition) is 3. The number of aromatic nitrogens is 1. The molecule has 0 saturated heterocycles. The summed E-state index contributed by atoms with van der Waals surface area (Å²) < 4.78 is 4.90. The van der Waals surface area contributed by atoms with Crippen molar-refractivity contribution in [2.75, 3.05) is 7.11 Å². The quantitative estimate of drug-likeness (QED) is 0.623. The highest BCUT2D eigenvalue weighted by Gasteiger charge is 1.95. The van der Waals surface area contributed by atoms with E-state index in [0.29, 0.717) is 5.88 Å². The summed E-state index contributed by atoms with van der Waals surface area (Å²) in [6, 6.07) is 1.85. The van der Waals surface area contributed by atoms with E-state index in [1.54, 1.807) is 13.3 Å². The van der Waals surface area contributed by atoms with Crippen molar-refractivity contribution in [1.82, 2.24) is 4.98 Å². The van der Waals surface area contributed by atoms with Gasteiger partial charge in [0.15, 0.2) is 0 Å². The molecule has 0 amide bonds. The van der Waals surface area contributed by atoms with Crippen LogP contribution in [0.2, 0.25) is 0 Å². The topological polar surface area (TPSA) is 22.1 Å². The first kappa shape index (κ1) is 7.41. The van der Waals surface area contributed by atoms with Crippen LogP contribution in [0.3, 0.4) is 0 Å². The van der Waals surface area contributed by atoms with Gasteiger partial charge in [-0.05, 0) is 12.5 Å². The summed E-state index contributed by atoms with van der Waals surface area (Å²) in [7, 11) is 1.60. The molecule has 1 rings (SSSR count). The molecule has 0 atom stereocenters. The maximum Gasteiger partial charge on any atom is 0.213 e. The average Bonchev–Trinajstić information content (AvgIpc) is 1.95. The predicted octanol–water partition coefficient (Wildman–Crippen LogP) is 1.69. The lowest BCUT2D eigenvalue weighted by atomic mass is 10.3. The molecule has 10 heavy (non-hydrogen) atoms. The van der Waals surface area contributed by atoms with E-state index < -0.39 is 0 Å². The summed E-state index contributed by atoms with van der Waals surface area (Å²) in [5.41, 5.74) is 1.08. The lowest BCUT2D eigenvalue weighted by molar-refractivity contribution is 0.397. The monoisotopic (exact) mass is 155 g/mol. The Morgan fingerprint density at radius 2 is 2.30 bits per heavy atom. The smallest absolute Gasteiger partial charge is 0.213 e. The molecule has 0 aromatic carbocycles. The van der Waals surface area contributed by atoms with E-state index in [1.807, 2.05) is 13.0 Å². The van der Waals surface area contributed by atoms with Crippen LogP contribution in [0.1, 0.15) is 5.56 Å². The van der Waals surface area contributed by atoms with Crippen molar-refractivity contribution in [3.63, 3.8) is 0 Å². The van der Waals surface area contributed by atoms with Gasteiger partial charge in [-0.2, -0.15) is 0 Å². The minimum atomic E-state index is 0.635. The zero-order chi connectivity index (χ0) is 7.56. The van der Waals surface area contributed by atoms with Crippen LogP contribution in [0.15, 0.2) is 17.2 Å². The van der Waals surface area contributed by atoms with Gasteiger partial charge in [0.2, 0.25) is 5.88 Å². The SMILES string of the molecule is COc1cc(C)c(S)cn1. The van der Waals surface area contributed by atoms with Crippen molar-refractivity contribution in [2.24, 2.45) is 0 Å². The zero-order valence-corrected chi connectivity index (χ0v) is 6.85. The van der Waals surface area contributed by atoms with Crippen LogP contribution in [-0.4, -0.2) is 12.1 Å². The largest absolute Gasteiger partial charge is 0.481 e. The minimum Gasteiger partial charge on any atom is -0.481 e. The van der Waals surface area contributed by atoms with Gasteiger partial charge in [0.1, 0.15) is 0 Å². The van der Waals surface area contributed by atoms with Crippen molar-refractivity contribution < 1.29 is 4.74 Å². The summed E-state index contributed by atoms with van der Waals surface area (Å²) >= 11 is 4.17. The summed E-state index contributed by atoms with van der Waals surface area (Å²) in [4.78, 5) is 4.85. The Kier molecular flexibility index (Phi) is 2.17. The second-order valence-electron chi connectivity index (χ2n) is 2.01. The normalized spacial score (nSPS) is 9.50. The van der Waals surface area contributed by atoms with Gasteiger partial charge < -0.3 is 4.74 Å². The third-order valence-electron chi connectivity index (χ3n) is 1.27. The van der Waals surface area contributed by atoms with Crippen LogP contribution in [-0.2, 0) is 0 Å². The molecule has 0 spiro atoms. The standard InChI is InChI=1S/C7H9NOS/c1-5-3-7(9-2)8-4-6(5)10/h3-4,10H,1-2H3. The fourth-order valence-corrected chi connectivity index (χ4v) is 0.757. The highest BCUT2D eigenvalue weighted by molar-refractivity contribution is 7.80. The average molecular weight is 155 g/mol. The molecule has 0 N–H and O–H groups in total. The number of ether oxygens (including phenoxy) is 1. The highest BCUT2D eigenvalue weighted by atomic mass is 32.1. The Hall–Kier alpha value is -0.700. The summed E-state index contributed by atoms with van der Waals surface area (Å²) in [5, 5.41) is 0. The van der Waals surface area contributed by atoms with Gasteiger partial charge in [-0.25, -0.2) is 4.98 Å². The molecule has 0 fully saturated rings. The second kappa shape index (κ2) is 2.92. The number of thiol groups is 1. The number of nitrogens with zero attached hydrogens (tertiary/aromatic N) is 1. The number of methoxy groups -OCH3 is 1. The Balaban J connectivity index is 3.04. The Labute approximate surface area is 65.6 Å². The molecule has 0 saturated carbocycles. The summed E-state index contributed by atoms with van der Waals surface area (Å²) in [5.74, 6) is 0.635.